The van der Waals surface area contributed by atoms with Crippen LogP contribution in [0.5, 0.6) is 5.75 Å². The molecule has 0 saturated carbocycles. The molecule has 5 aromatic rings. The summed E-state index contributed by atoms with van der Waals surface area (Å²) in [5.74, 6) is -0.841. The van der Waals surface area contributed by atoms with Gasteiger partial charge in [-0.05, 0) is 98.9 Å². The first-order chi connectivity index (χ1) is 20.2. The predicted octanol–water partition coefficient (Wildman–Crippen LogP) is 8.42. The highest BCUT2D eigenvalue weighted by Gasteiger charge is 2.26. The van der Waals surface area contributed by atoms with E-state index in [4.69, 9.17) is 9.84 Å². The van der Waals surface area contributed by atoms with Gasteiger partial charge in [0.1, 0.15) is 12.3 Å². The summed E-state index contributed by atoms with van der Waals surface area (Å²) >= 11 is 5.72. The number of thiophene rings is 1. The lowest BCUT2D eigenvalue weighted by Crippen LogP contribution is -2.42. The summed E-state index contributed by atoms with van der Waals surface area (Å²) in [5, 5.41) is 15.3. The smallest absolute Gasteiger partial charge is 0.322 e. The Bertz CT molecular complexity index is 1770. The minimum atomic E-state index is -1.10. The number of carbonyl (C=O) groups is 2. The molecule has 0 bridgehead atoms. The second-order valence-corrected chi connectivity index (χ2v) is 12.5. The minimum absolute atomic E-state index is 0.325. The number of ether oxygens (including phenoxy) is 1. The Morgan fingerprint density at radius 3 is 2.19 bits per heavy atom. The van der Waals surface area contributed by atoms with Crippen molar-refractivity contribution in [1.82, 2.24) is 5.32 Å². The quantitative estimate of drug-likeness (QED) is 0.160. The summed E-state index contributed by atoms with van der Waals surface area (Å²) in [7, 11) is 0. The van der Waals surface area contributed by atoms with Gasteiger partial charge in [-0.25, -0.2) is 0 Å². The molecule has 0 unspecified atom stereocenters. The normalized spacial score (nSPS) is 12.0. The molecule has 1 heterocycles. The van der Waals surface area contributed by atoms with Crippen LogP contribution in [-0.2, 0) is 28.9 Å². The third-order valence-corrected chi connectivity index (χ3v) is 10.1. The van der Waals surface area contributed by atoms with Crippen LogP contribution in [0.3, 0.4) is 0 Å². The van der Waals surface area contributed by atoms with Crippen LogP contribution in [-0.4, -0.2) is 29.6 Å². The maximum absolute atomic E-state index is 13.2. The lowest BCUT2D eigenvalue weighted by Gasteiger charge is -2.24. The van der Waals surface area contributed by atoms with Crippen molar-refractivity contribution in [3.63, 3.8) is 0 Å². The highest BCUT2D eigenvalue weighted by Crippen LogP contribution is 2.48. The zero-order chi connectivity index (χ0) is 30.0. The maximum atomic E-state index is 13.2. The highest BCUT2D eigenvalue weighted by molar-refractivity contribution is 9.11. The summed E-state index contributed by atoms with van der Waals surface area (Å²) in [5.41, 5.74) is 6.58. The van der Waals surface area contributed by atoms with E-state index in [0.717, 1.165) is 26.7 Å². The summed E-state index contributed by atoms with van der Waals surface area (Å²) in [6, 6.07) is 22.6. The lowest BCUT2D eigenvalue weighted by atomic mass is 9.89. The van der Waals surface area contributed by atoms with E-state index in [0.29, 0.717) is 25.0 Å². The van der Waals surface area contributed by atoms with E-state index < -0.39 is 24.5 Å². The number of benzene rings is 4. The number of nitrogens with one attached hydrogen (secondary N) is 1. The fourth-order valence-corrected chi connectivity index (χ4v) is 7.45. The van der Waals surface area contributed by atoms with Gasteiger partial charge >= 0.3 is 5.97 Å². The van der Waals surface area contributed by atoms with Crippen molar-refractivity contribution in [2.45, 2.75) is 53.1 Å². The molecule has 42 heavy (non-hydrogen) atoms. The second-order valence-electron chi connectivity index (χ2n) is 10.5. The van der Waals surface area contributed by atoms with Gasteiger partial charge in [0.25, 0.3) is 5.91 Å². The molecule has 0 fully saturated rings. The molecule has 1 aromatic heterocycles. The van der Waals surface area contributed by atoms with Crippen molar-refractivity contribution in [1.29, 1.82) is 0 Å². The summed E-state index contributed by atoms with van der Waals surface area (Å²) in [6.07, 6.45) is 0.871. The van der Waals surface area contributed by atoms with Crippen LogP contribution < -0.4 is 10.1 Å². The van der Waals surface area contributed by atoms with Crippen molar-refractivity contribution in [3.8, 4) is 16.9 Å². The Labute approximate surface area is 258 Å². The molecule has 0 saturated heterocycles. The van der Waals surface area contributed by atoms with Gasteiger partial charge in [0.2, 0.25) is 0 Å². The SMILES string of the molecule is CCc1cc(-c2c3ccccc3c(Br)c3sc(C)c(C)c23)cc(CC)c1O[C@H](Cc1ccccc1)C(=O)NCC(=O)O. The van der Waals surface area contributed by atoms with Gasteiger partial charge in [-0.2, -0.15) is 0 Å². The fourth-order valence-electron chi connectivity index (χ4n) is 5.54. The van der Waals surface area contributed by atoms with E-state index in [2.05, 4.69) is 85.3 Å². The van der Waals surface area contributed by atoms with E-state index in [1.165, 1.54) is 36.9 Å². The van der Waals surface area contributed by atoms with Gasteiger partial charge in [-0.1, -0.05) is 68.4 Å². The van der Waals surface area contributed by atoms with Crippen LogP contribution in [0.2, 0.25) is 0 Å². The predicted molar refractivity (Wildman–Crippen MR) is 176 cm³/mol. The monoisotopic (exact) mass is 643 g/mol. The van der Waals surface area contributed by atoms with Crippen LogP contribution in [0, 0.1) is 13.8 Å². The molecule has 216 valence electrons. The highest BCUT2D eigenvalue weighted by atomic mass is 79.9. The number of halogens is 1. The van der Waals surface area contributed by atoms with Crippen molar-refractivity contribution >= 4 is 60.0 Å². The number of carboxylic acid groups (broad SMARTS) is 1. The number of rotatable bonds is 10. The van der Waals surface area contributed by atoms with E-state index in [-0.39, 0.29) is 0 Å². The largest absolute Gasteiger partial charge is 0.480 e. The number of hydrogen-bond acceptors (Lipinski definition) is 4. The van der Waals surface area contributed by atoms with Crippen molar-refractivity contribution in [2.24, 2.45) is 0 Å². The third kappa shape index (κ3) is 5.81. The molecule has 4 aromatic carbocycles. The molecule has 1 atom stereocenters. The summed E-state index contributed by atoms with van der Waals surface area (Å²) in [4.78, 5) is 25.7. The zero-order valence-electron chi connectivity index (χ0n) is 24.2. The molecule has 0 radical (unpaired) electrons. The van der Waals surface area contributed by atoms with Crippen LogP contribution in [0.15, 0.2) is 71.2 Å². The number of carbonyl (C=O) groups excluding carboxylic acids is 1. The van der Waals surface area contributed by atoms with E-state index in [1.807, 2.05) is 41.7 Å². The van der Waals surface area contributed by atoms with Crippen LogP contribution in [0.4, 0.5) is 0 Å². The molecule has 2 N–H and O–H groups in total. The molecule has 0 spiro atoms. The number of aliphatic carboxylic acids is 1. The van der Waals surface area contributed by atoms with Crippen molar-refractivity contribution in [3.05, 3.63) is 98.3 Å². The number of fused-ring (bicyclic) bond motifs is 2. The van der Waals surface area contributed by atoms with Gasteiger partial charge < -0.3 is 15.2 Å². The third-order valence-electron chi connectivity index (χ3n) is 7.79. The average Bonchev–Trinajstić information content (AvgIpc) is 3.30. The van der Waals surface area contributed by atoms with E-state index in [1.54, 1.807) is 0 Å². The van der Waals surface area contributed by atoms with Crippen molar-refractivity contribution < 1.29 is 19.4 Å². The van der Waals surface area contributed by atoms with Gasteiger partial charge in [0.05, 0.1) is 4.70 Å². The molecule has 0 aliphatic rings. The Morgan fingerprint density at radius 1 is 0.952 bits per heavy atom. The van der Waals surface area contributed by atoms with Gasteiger partial charge in [0.15, 0.2) is 6.10 Å². The topological polar surface area (TPSA) is 75.6 Å². The Morgan fingerprint density at radius 2 is 1.57 bits per heavy atom. The first-order valence-corrected chi connectivity index (χ1v) is 15.8. The van der Waals surface area contributed by atoms with Crippen LogP contribution in [0.25, 0.3) is 32.0 Å². The van der Waals surface area contributed by atoms with Gasteiger partial charge in [0, 0.05) is 21.2 Å². The molecular weight excluding hydrogens is 610 g/mol. The molecule has 1 amide bonds. The second kappa shape index (κ2) is 12.7. The molecule has 0 aliphatic carbocycles. The molecular formula is C35H34BrNO4S. The Kier molecular flexibility index (Phi) is 8.99. The number of aryl methyl sites for hydroxylation is 4. The van der Waals surface area contributed by atoms with Gasteiger partial charge in [-0.3, -0.25) is 9.59 Å². The van der Waals surface area contributed by atoms with Crippen molar-refractivity contribution in [2.75, 3.05) is 6.54 Å². The fraction of sp³-hybridized carbons (Fsp3) is 0.257. The summed E-state index contributed by atoms with van der Waals surface area (Å²) < 4.78 is 8.93. The van der Waals surface area contributed by atoms with Gasteiger partial charge in [-0.15, -0.1) is 11.3 Å². The van der Waals surface area contributed by atoms with Crippen LogP contribution in [0.1, 0.15) is 41.0 Å². The average molecular weight is 645 g/mol. The first-order valence-electron chi connectivity index (χ1n) is 14.2. The van der Waals surface area contributed by atoms with E-state index >= 15 is 0 Å². The Balaban J connectivity index is 1.66. The van der Waals surface area contributed by atoms with Crippen LogP contribution >= 0.6 is 27.3 Å². The van der Waals surface area contributed by atoms with E-state index in [9.17, 15) is 9.59 Å². The number of carboxylic acids is 1. The lowest BCUT2D eigenvalue weighted by molar-refractivity contribution is -0.139. The zero-order valence-corrected chi connectivity index (χ0v) is 26.6. The molecule has 5 nitrogen and oxygen atoms in total. The Hall–Kier alpha value is -3.68. The summed E-state index contributed by atoms with van der Waals surface area (Å²) in [6.45, 7) is 8.10. The number of hydrogen-bond donors (Lipinski definition) is 2. The molecule has 0 aliphatic heterocycles. The maximum Gasteiger partial charge on any atom is 0.322 e. The number of amides is 1. The molecule has 7 heteroatoms. The standard InChI is InChI=1S/C35H34BrNO4S/c1-5-23-17-25(31-26-14-10-11-15-27(26)32(36)34-30(31)20(3)21(4)42-34)18-24(6-2)33(23)41-28(35(40)37-19-29(38)39)16-22-12-8-7-9-13-22/h7-15,17-18,28H,5-6,16,19H2,1-4H3,(H,37,40)(H,38,39)/t28-/m1/s1. The molecule has 5 rings (SSSR count). The first kappa shape index (κ1) is 29.8. The minimum Gasteiger partial charge on any atom is -0.480 e.